The summed E-state index contributed by atoms with van der Waals surface area (Å²) in [5.74, 6) is 0. The van der Waals surface area contributed by atoms with Crippen molar-refractivity contribution in [3.63, 3.8) is 0 Å². The molecule has 1 heterocycles. The Bertz CT molecular complexity index is 520. The third kappa shape index (κ3) is 2.26. The van der Waals surface area contributed by atoms with Gasteiger partial charge in [-0.05, 0) is 34.5 Å². The molecule has 0 radical (unpaired) electrons. The van der Waals surface area contributed by atoms with Crippen LogP contribution in [0.5, 0.6) is 0 Å². The molecule has 2 rings (SSSR count). The first-order chi connectivity index (χ1) is 8.11. The number of para-hydroxylation sites is 1. The van der Waals surface area contributed by atoms with Crippen LogP contribution in [0.15, 0.2) is 41.1 Å². The van der Waals surface area contributed by atoms with E-state index >= 15 is 0 Å². The van der Waals surface area contributed by atoms with Crippen molar-refractivity contribution < 1.29 is 0 Å². The highest BCUT2D eigenvalue weighted by atomic mass is 79.9. The summed E-state index contributed by atoms with van der Waals surface area (Å²) in [6.07, 6.45) is 3.41. The fourth-order valence-electron chi connectivity index (χ4n) is 1.86. The van der Waals surface area contributed by atoms with E-state index in [2.05, 4.69) is 44.9 Å². The summed E-state index contributed by atoms with van der Waals surface area (Å²) in [5, 5.41) is 0. The monoisotopic (exact) mass is 291 g/mol. The number of aryl methyl sites for hydroxylation is 1. The molecule has 0 aliphatic heterocycles. The second-order valence-corrected chi connectivity index (χ2v) is 4.76. The van der Waals surface area contributed by atoms with Gasteiger partial charge in [0.2, 0.25) is 0 Å². The van der Waals surface area contributed by atoms with Gasteiger partial charge < -0.3 is 10.6 Å². The molecular weight excluding hydrogens is 278 g/mol. The third-order valence-electron chi connectivity index (χ3n) is 2.71. The molecule has 0 fully saturated rings. The first-order valence-corrected chi connectivity index (χ1v) is 6.09. The Kier molecular flexibility index (Phi) is 3.33. The maximum atomic E-state index is 5.98. The quantitative estimate of drug-likeness (QED) is 0.921. The summed E-state index contributed by atoms with van der Waals surface area (Å²) in [6.45, 7) is 2.08. The highest BCUT2D eigenvalue weighted by molar-refractivity contribution is 9.10. The standard InChI is InChI=1S/C13H14BrN3/c1-9-5-3-4-6-12(9)17(2)13-10(14)7-16-8-11(13)15/h3-8H,15H2,1-2H3. The van der Waals surface area contributed by atoms with Gasteiger partial charge in [-0.2, -0.15) is 0 Å². The molecule has 0 spiro atoms. The lowest BCUT2D eigenvalue weighted by Crippen LogP contribution is -2.13. The van der Waals surface area contributed by atoms with Gasteiger partial charge in [0, 0.05) is 18.9 Å². The van der Waals surface area contributed by atoms with Gasteiger partial charge in [-0.1, -0.05) is 18.2 Å². The lowest BCUT2D eigenvalue weighted by Gasteiger charge is -2.23. The van der Waals surface area contributed by atoms with Crippen LogP contribution in [0.4, 0.5) is 17.1 Å². The maximum Gasteiger partial charge on any atom is 0.0817 e. The minimum atomic E-state index is 0.658. The zero-order valence-electron chi connectivity index (χ0n) is 9.81. The van der Waals surface area contributed by atoms with Gasteiger partial charge in [-0.15, -0.1) is 0 Å². The van der Waals surface area contributed by atoms with Crippen LogP contribution < -0.4 is 10.6 Å². The second-order valence-electron chi connectivity index (χ2n) is 3.90. The first-order valence-electron chi connectivity index (χ1n) is 5.29. The highest BCUT2D eigenvalue weighted by Gasteiger charge is 2.12. The number of rotatable bonds is 2. The molecule has 0 aliphatic rings. The first kappa shape index (κ1) is 11.9. The topological polar surface area (TPSA) is 42.1 Å². The minimum absolute atomic E-state index is 0.658. The SMILES string of the molecule is Cc1ccccc1N(C)c1c(N)cncc1Br. The third-order valence-corrected chi connectivity index (χ3v) is 3.29. The van der Waals surface area contributed by atoms with Gasteiger partial charge in [0.25, 0.3) is 0 Å². The van der Waals surface area contributed by atoms with Gasteiger partial charge in [0.05, 0.1) is 22.0 Å². The van der Waals surface area contributed by atoms with Crippen LogP contribution in [0.2, 0.25) is 0 Å². The molecule has 0 amide bonds. The van der Waals surface area contributed by atoms with Crippen molar-refractivity contribution in [2.75, 3.05) is 17.7 Å². The van der Waals surface area contributed by atoms with Gasteiger partial charge in [0.1, 0.15) is 0 Å². The number of nitrogen functional groups attached to an aromatic ring is 1. The van der Waals surface area contributed by atoms with Crippen LogP contribution in [0, 0.1) is 6.92 Å². The normalized spacial score (nSPS) is 10.3. The Morgan fingerprint density at radius 1 is 1.24 bits per heavy atom. The lowest BCUT2D eigenvalue weighted by atomic mass is 10.1. The second kappa shape index (κ2) is 4.75. The molecule has 2 N–H and O–H groups in total. The van der Waals surface area contributed by atoms with E-state index in [1.165, 1.54) is 5.56 Å². The van der Waals surface area contributed by atoms with Crippen LogP contribution in [-0.2, 0) is 0 Å². The predicted octanol–water partition coefficient (Wildman–Crippen LogP) is 3.50. The molecule has 0 saturated carbocycles. The molecule has 0 unspecified atom stereocenters. The molecule has 17 heavy (non-hydrogen) atoms. The summed E-state index contributed by atoms with van der Waals surface area (Å²) in [6, 6.07) is 8.19. The number of hydrogen-bond acceptors (Lipinski definition) is 3. The Morgan fingerprint density at radius 3 is 2.59 bits per heavy atom. The summed E-state index contributed by atoms with van der Waals surface area (Å²) in [4.78, 5) is 6.11. The average molecular weight is 292 g/mol. The van der Waals surface area contributed by atoms with E-state index in [-0.39, 0.29) is 0 Å². The van der Waals surface area contributed by atoms with E-state index in [4.69, 9.17) is 5.73 Å². The number of benzene rings is 1. The summed E-state index contributed by atoms with van der Waals surface area (Å²) < 4.78 is 0.892. The van der Waals surface area contributed by atoms with Crippen molar-refractivity contribution in [1.82, 2.24) is 4.98 Å². The summed E-state index contributed by atoms with van der Waals surface area (Å²) in [7, 11) is 2.00. The molecule has 1 aromatic carbocycles. The molecule has 3 nitrogen and oxygen atoms in total. The number of nitrogens with zero attached hydrogens (tertiary/aromatic N) is 2. The average Bonchev–Trinajstić information content (AvgIpc) is 2.29. The Morgan fingerprint density at radius 2 is 1.94 bits per heavy atom. The maximum absolute atomic E-state index is 5.98. The van der Waals surface area contributed by atoms with Crippen LogP contribution >= 0.6 is 15.9 Å². The van der Waals surface area contributed by atoms with Crippen LogP contribution in [-0.4, -0.2) is 12.0 Å². The number of nitrogens with two attached hydrogens (primary N) is 1. The van der Waals surface area contributed by atoms with Crippen LogP contribution in [0.25, 0.3) is 0 Å². The van der Waals surface area contributed by atoms with Crippen LogP contribution in [0.3, 0.4) is 0 Å². The number of halogens is 1. The van der Waals surface area contributed by atoms with Crippen molar-refractivity contribution in [3.8, 4) is 0 Å². The smallest absolute Gasteiger partial charge is 0.0817 e. The molecule has 4 heteroatoms. The van der Waals surface area contributed by atoms with Gasteiger partial charge >= 0.3 is 0 Å². The van der Waals surface area contributed by atoms with E-state index in [1.54, 1.807) is 12.4 Å². The van der Waals surface area contributed by atoms with Gasteiger partial charge in [0.15, 0.2) is 0 Å². The van der Waals surface area contributed by atoms with Gasteiger partial charge in [-0.25, -0.2) is 0 Å². The number of pyridine rings is 1. The van der Waals surface area contributed by atoms with Crippen molar-refractivity contribution in [3.05, 3.63) is 46.7 Å². The highest BCUT2D eigenvalue weighted by Crippen LogP contribution is 2.35. The molecule has 0 bridgehead atoms. The number of hydrogen-bond donors (Lipinski definition) is 1. The Labute approximate surface area is 109 Å². The van der Waals surface area contributed by atoms with Crippen molar-refractivity contribution in [2.45, 2.75) is 6.92 Å². The number of anilines is 3. The fourth-order valence-corrected chi connectivity index (χ4v) is 2.47. The fraction of sp³-hybridized carbons (Fsp3) is 0.154. The molecule has 1 aromatic heterocycles. The van der Waals surface area contributed by atoms with E-state index < -0.39 is 0 Å². The van der Waals surface area contributed by atoms with Gasteiger partial charge in [-0.3, -0.25) is 4.98 Å². The minimum Gasteiger partial charge on any atom is -0.396 e. The van der Waals surface area contributed by atoms with E-state index in [0.29, 0.717) is 5.69 Å². The van der Waals surface area contributed by atoms with E-state index in [9.17, 15) is 0 Å². The Balaban J connectivity index is 2.51. The number of aromatic nitrogens is 1. The van der Waals surface area contributed by atoms with Crippen molar-refractivity contribution in [2.24, 2.45) is 0 Å². The zero-order chi connectivity index (χ0) is 12.4. The van der Waals surface area contributed by atoms with E-state index in [1.807, 2.05) is 19.2 Å². The molecule has 0 atom stereocenters. The lowest BCUT2D eigenvalue weighted by molar-refractivity contribution is 1.16. The van der Waals surface area contributed by atoms with E-state index in [0.717, 1.165) is 15.8 Å². The molecule has 2 aromatic rings. The van der Waals surface area contributed by atoms with Crippen LogP contribution in [0.1, 0.15) is 5.56 Å². The molecule has 0 aliphatic carbocycles. The summed E-state index contributed by atoms with van der Waals surface area (Å²) >= 11 is 3.49. The Hall–Kier alpha value is -1.55. The zero-order valence-corrected chi connectivity index (χ0v) is 11.4. The predicted molar refractivity (Wildman–Crippen MR) is 75.6 cm³/mol. The van der Waals surface area contributed by atoms with Crippen molar-refractivity contribution in [1.29, 1.82) is 0 Å². The largest absolute Gasteiger partial charge is 0.396 e. The summed E-state index contributed by atoms with van der Waals surface area (Å²) in [5.41, 5.74) is 9.91. The van der Waals surface area contributed by atoms with Crippen molar-refractivity contribution >= 4 is 33.0 Å². The molecule has 88 valence electrons. The molecular formula is C13H14BrN3. The molecule has 0 saturated heterocycles.